The van der Waals surface area contributed by atoms with E-state index in [0.29, 0.717) is 24.4 Å². The summed E-state index contributed by atoms with van der Waals surface area (Å²) in [6.07, 6.45) is 1.52. The van der Waals surface area contributed by atoms with Crippen molar-refractivity contribution in [3.63, 3.8) is 0 Å². The van der Waals surface area contributed by atoms with E-state index in [4.69, 9.17) is 19.9 Å². The van der Waals surface area contributed by atoms with Gasteiger partial charge in [-0.15, -0.1) is 0 Å². The van der Waals surface area contributed by atoms with Crippen molar-refractivity contribution in [2.24, 2.45) is 0 Å². The fourth-order valence-corrected chi connectivity index (χ4v) is 2.25. The molecule has 27 heavy (non-hydrogen) atoms. The maximum Gasteiger partial charge on any atom is 0.233 e. The molecule has 1 amide bonds. The molecule has 150 valence electrons. The summed E-state index contributed by atoms with van der Waals surface area (Å²) in [4.78, 5) is 23.6. The normalized spacial score (nSPS) is 11.9. The highest BCUT2D eigenvalue weighted by Gasteiger charge is 2.16. The maximum absolute atomic E-state index is 11.2. The lowest BCUT2D eigenvalue weighted by Crippen LogP contribution is -2.29. The summed E-state index contributed by atoms with van der Waals surface area (Å²) in [5, 5.41) is 2.50. The minimum absolute atomic E-state index is 0.0977. The number of nitrogens with zero attached hydrogens (tertiary/aromatic N) is 4. The van der Waals surface area contributed by atoms with Crippen molar-refractivity contribution in [1.29, 1.82) is 0 Å². The van der Waals surface area contributed by atoms with Crippen molar-refractivity contribution in [2.75, 3.05) is 24.3 Å². The molecule has 0 radical (unpaired) electrons. The van der Waals surface area contributed by atoms with E-state index in [2.05, 4.69) is 20.3 Å². The van der Waals surface area contributed by atoms with E-state index in [0.717, 1.165) is 0 Å². The Bertz CT molecular complexity index is 749. The number of ether oxygens (including phenoxy) is 3. The molecule has 10 nitrogen and oxygen atoms in total. The largest absolute Gasteiger partial charge is 0.382 e. The molecule has 10 heteroatoms. The van der Waals surface area contributed by atoms with Crippen LogP contribution in [0.15, 0.2) is 6.33 Å². The van der Waals surface area contributed by atoms with Gasteiger partial charge in [-0.05, 0) is 27.7 Å². The van der Waals surface area contributed by atoms with Gasteiger partial charge in [-0.2, -0.15) is 9.97 Å². The Morgan fingerprint density at radius 1 is 1.15 bits per heavy atom. The second kappa shape index (κ2) is 9.58. The number of hydrogen-bond donors (Lipinski definition) is 2. The van der Waals surface area contributed by atoms with Crippen LogP contribution in [0.1, 0.15) is 34.6 Å². The minimum atomic E-state index is -0.283. The molecule has 0 aliphatic carbocycles. The predicted octanol–water partition coefficient (Wildman–Crippen LogP) is 1.56. The Morgan fingerprint density at radius 2 is 1.78 bits per heavy atom. The SMILES string of the molecule is CC(=O)Nc1nc(N)c2c(ncn2COC(COC(C)C)COC(C)C)n1. The number of nitrogens with two attached hydrogens (primary N) is 1. The second-order valence-corrected chi connectivity index (χ2v) is 6.68. The van der Waals surface area contributed by atoms with Crippen LogP contribution in [0.25, 0.3) is 11.2 Å². The van der Waals surface area contributed by atoms with E-state index in [1.807, 2.05) is 27.7 Å². The van der Waals surface area contributed by atoms with Crippen molar-refractivity contribution in [3.05, 3.63) is 6.33 Å². The average molecular weight is 380 g/mol. The summed E-state index contributed by atoms with van der Waals surface area (Å²) in [5.41, 5.74) is 6.93. The molecule has 2 rings (SSSR count). The van der Waals surface area contributed by atoms with Gasteiger partial charge in [0.1, 0.15) is 18.4 Å². The molecule has 0 saturated carbocycles. The van der Waals surface area contributed by atoms with Gasteiger partial charge in [0.2, 0.25) is 11.9 Å². The third-order valence-corrected chi connectivity index (χ3v) is 3.47. The molecule has 0 fully saturated rings. The van der Waals surface area contributed by atoms with Crippen molar-refractivity contribution >= 4 is 28.8 Å². The van der Waals surface area contributed by atoms with Gasteiger partial charge in [0.05, 0.1) is 31.7 Å². The zero-order chi connectivity index (χ0) is 20.0. The van der Waals surface area contributed by atoms with E-state index < -0.39 is 0 Å². The molecule has 0 aliphatic rings. The van der Waals surface area contributed by atoms with E-state index in [1.165, 1.54) is 6.92 Å². The van der Waals surface area contributed by atoms with Crippen molar-refractivity contribution in [1.82, 2.24) is 19.5 Å². The van der Waals surface area contributed by atoms with Crippen molar-refractivity contribution in [3.8, 4) is 0 Å². The van der Waals surface area contributed by atoms with E-state index in [1.54, 1.807) is 10.9 Å². The fourth-order valence-electron chi connectivity index (χ4n) is 2.25. The van der Waals surface area contributed by atoms with Crippen LogP contribution in [0.5, 0.6) is 0 Å². The topological polar surface area (TPSA) is 126 Å². The van der Waals surface area contributed by atoms with Gasteiger partial charge in [0.15, 0.2) is 11.5 Å². The first-order chi connectivity index (χ1) is 12.8. The van der Waals surface area contributed by atoms with Gasteiger partial charge in [-0.1, -0.05) is 0 Å². The summed E-state index contributed by atoms with van der Waals surface area (Å²) in [6, 6.07) is 0. The zero-order valence-electron chi connectivity index (χ0n) is 16.4. The van der Waals surface area contributed by atoms with Gasteiger partial charge in [0, 0.05) is 6.92 Å². The first-order valence-corrected chi connectivity index (χ1v) is 8.87. The molecule has 0 spiro atoms. The number of nitrogens with one attached hydrogen (secondary N) is 1. The highest BCUT2D eigenvalue weighted by Crippen LogP contribution is 2.19. The number of carbonyl (C=O) groups is 1. The third kappa shape index (κ3) is 6.42. The van der Waals surface area contributed by atoms with Crippen LogP contribution in [0.3, 0.4) is 0 Å². The standard InChI is InChI=1S/C17H28N6O4/c1-10(2)25-6-13(7-26-11(3)4)27-9-23-8-19-16-14(23)15(18)21-17(22-16)20-12(5)24/h8,10-11,13H,6-7,9H2,1-5H3,(H3,18,20,21,22,24). The monoisotopic (exact) mass is 380 g/mol. The van der Waals surface area contributed by atoms with Crippen LogP contribution in [0, 0.1) is 0 Å². The molecule has 0 bridgehead atoms. The first-order valence-electron chi connectivity index (χ1n) is 8.87. The Labute approximate surface area is 158 Å². The average Bonchev–Trinajstić information content (AvgIpc) is 2.96. The Hall–Kier alpha value is -2.30. The molecule has 0 aliphatic heterocycles. The number of rotatable bonds is 10. The molecule has 0 unspecified atom stereocenters. The van der Waals surface area contributed by atoms with Gasteiger partial charge in [0.25, 0.3) is 0 Å². The van der Waals surface area contributed by atoms with Crippen LogP contribution < -0.4 is 11.1 Å². The number of aromatic nitrogens is 4. The molecular formula is C17H28N6O4. The molecular weight excluding hydrogens is 352 g/mol. The third-order valence-electron chi connectivity index (χ3n) is 3.47. The summed E-state index contributed by atoms with van der Waals surface area (Å²) < 4.78 is 18.9. The lowest BCUT2D eigenvalue weighted by Gasteiger charge is -2.21. The van der Waals surface area contributed by atoms with Crippen LogP contribution in [0.4, 0.5) is 11.8 Å². The Balaban J connectivity index is 2.09. The molecule has 3 N–H and O–H groups in total. The molecule has 0 atom stereocenters. The lowest BCUT2D eigenvalue weighted by atomic mass is 10.3. The number of nitrogen functional groups attached to an aromatic ring is 1. The highest BCUT2D eigenvalue weighted by molar-refractivity contribution is 5.89. The second-order valence-electron chi connectivity index (χ2n) is 6.68. The van der Waals surface area contributed by atoms with Gasteiger partial charge < -0.3 is 24.5 Å². The highest BCUT2D eigenvalue weighted by atomic mass is 16.6. The first kappa shape index (κ1) is 21.0. The Kier molecular flexibility index (Phi) is 7.45. The quantitative estimate of drug-likeness (QED) is 0.636. The number of fused-ring (bicyclic) bond motifs is 1. The molecule has 0 aromatic carbocycles. The smallest absolute Gasteiger partial charge is 0.233 e. The Morgan fingerprint density at radius 3 is 2.33 bits per heavy atom. The van der Waals surface area contributed by atoms with E-state index in [9.17, 15) is 4.79 Å². The van der Waals surface area contributed by atoms with Gasteiger partial charge in [-0.3, -0.25) is 10.1 Å². The van der Waals surface area contributed by atoms with Crippen molar-refractivity contribution in [2.45, 2.75) is 59.7 Å². The van der Waals surface area contributed by atoms with Crippen LogP contribution in [-0.4, -0.2) is 57.0 Å². The van der Waals surface area contributed by atoms with E-state index in [-0.39, 0.29) is 42.7 Å². The minimum Gasteiger partial charge on any atom is -0.382 e. The van der Waals surface area contributed by atoms with Crippen molar-refractivity contribution < 1.29 is 19.0 Å². The number of carbonyl (C=O) groups excluding carboxylic acids is 1. The van der Waals surface area contributed by atoms with Crippen LogP contribution in [0.2, 0.25) is 0 Å². The number of hydrogen-bond acceptors (Lipinski definition) is 8. The lowest BCUT2D eigenvalue weighted by molar-refractivity contribution is -0.114. The molecule has 2 aromatic heterocycles. The van der Waals surface area contributed by atoms with Crippen LogP contribution in [-0.2, 0) is 25.7 Å². The number of imidazole rings is 1. The number of anilines is 2. The van der Waals surface area contributed by atoms with Gasteiger partial charge >= 0.3 is 0 Å². The maximum atomic E-state index is 11.2. The summed E-state index contributed by atoms with van der Waals surface area (Å²) in [6.45, 7) is 10.3. The van der Waals surface area contributed by atoms with Crippen LogP contribution >= 0.6 is 0 Å². The fraction of sp³-hybridized carbons (Fsp3) is 0.647. The zero-order valence-corrected chi connectivity index (χ0v) is 16.4. The van der Waals surface area contributed by atoms with Gasteiger partial charge in [-0.25, -0.2) is 4.98 Å². The summed E-state index contributed by atoms with van der Waals surface area (Å²) in [7, 11) is 0. The molecule has 2 aromatic rings. The molecule has 2 heterocycles. The van der Waals surface area contributed by atoms with E-state index >= 15 is 0 Å². The summed E-state index contributed by atoms with van der Waals surface area (Å²) >= 11 is 0. The predicted molar refractivity (Wildman–Crippen MR) is 101 cm³/mol. The summed E-state index contributed by atoms with van der Waals surface area (Å²) in [5.74, 6) is 0.0418. The molecule has 0 saturated heterocycles. The number of amides is 1.